The number of hydrogen-bond acceptors (Lipinski definition) is 6. The van der Waals surface area contributed by atoms with Gasteiger partial charge in [-0.1, -0.05) is 280 Å². The minimum Gasteiger partial charge on any atom is -0.462 e. The lowest BCUT2D eigenvalue weighted by molar-refractivity contribution is -0.167. The van der Waals surface area contributed by atoms with E-state index in [-0.39, 0.29) is 31.1 Å². The number of hydrogen-bond donors (Lipinski definition) is 0. The quantitative estimate of drug-likeness (QED) is 0.0261. The Morgan fingerprint density at radius 2 is 0.533 bits per heavy atom. The molecule has 1 unspecified atom stereocenters. The Kier molecular flexibility index (Phi) is 60.7. The molecule has 0 amide bonds. The highest BCUT2D eigenvalue weighted by Crippen LogP contribution is 2.17. The first-order valence-corrected chi connectivity index (χ1v) is 32.4. The summed E-state index contributed by atoms with van der Waals surface area (Å²) < 4.78 is 16.9. The molecule has 6 nitrogen and oxygen atoms in total. The van der Waals surface area contributed by atoms with Gasteiger partial charge in [-0.25, -0.2) is 0 Å². The second kappa shape index (κ2) is 63.4. The van der Waals surface area contributed by atoms with Gasteiger partial charge in [-0.2, -0.15) is 0 Å². The van der Waals surface area contributed by atoms with Crippen molar-refractivity contribution in [2.75, 3.05) is 13.2 Å². The Hall–Kier alpha value is -3.15. The predicted octanol–water partition coefficient (Wildman–Crippen LogP) is 22.1. The van der Waals surface area contributed by atoms with Crippen LogP contribution in [0.1, 0.15) is 329 Å². The summed E-state index contributed by atoms with van der Waals surface area (Å²) in [5, 5.41) is 0. The first kappa shape index (κ1) is 71.8. The Bertz CT molecular complexity index is 1390. The van der Waals surface area contributed by atoms with Gasteiger partial charge < -0.3 is 14.2 Å². The largest absolute Gasteiger partial charge is 0.462 e. The summed E-state index contributed by atoms with van der Waals surface area (Å²) in [6, 6.07) is 0. The fraction of sp³-hybridized carbons (Fsp3) is 0.783. The Labute approximate surface area is 465 Å². The molecule has 0 aliphatic heterocycles. The van der Waals surface area contributed by atoms with Gasteiger partial charge in [0.1, 0.15) is 13.2 Å². The van der Waals surface area contributed by atoms with Gasteiger partial charge in [0.25, 0.3) is 0 Å². The van der Waals surface area contributed by atoms with Crippen molar-refractivity contribution in [3.05, 3.63) is 72.9 Å². The zero-order chi connectivity index (χ0) is 54.3. The van der Waals surface area contributed by atoms with Crippen molar-refractivity contribution in [2.45, 2.75) is 335 Å². The molecule has 6 heteroatoms. The summed E-state index contributed by atoms with van der Waals surface area (Å²) in [6.45, 7) is 6.49. The van der Waals surface area contributed by atoms with E-state index in [1.807, 2.05) is 0 Å². The van der Waals surface area contributed by atoms with Crippen molar-refractivity contribution in [1.29, 1.82) is 0 Å². The third-order valence-electron chi connectivity index (χ3n) is 14.2. The third kappa shape index (κ3) is 61.6. The van der Waals surface area contributed by atoms with Gasteiger partial charge in [0.15, 0.2) is 6.10 Å². The maximum Gasteiger partial charge on any atom is 0.306 e. The number of carbonyl (C=O) groups excluding carboxylic acids is 3. The molecule has 0 aliphatic carbocycles. The van der Waals surface area contributed by atoms with Crippen molar-refractivity contribution in [3.8, 4) is 0 Å². The molecule has 0 N–H and O–H groups in total. The Balaban J connectivity index is 4.12. The van der Waals surface area contributed by atoms with Crippen LogP contribution in [0.2, 0.25) is 0 Å². The molecule has 0 saturated heterocycles. The lowest BCUT2D eigenvalue weighted by atomic mass is 10.0. The van der Waals surface area contributed by atoms with E-state index in [1.165, 1.54) is 180 Å². The van der Waals surface area contributed by atoms with E-state index in [0.29, 0.717) is 19.3 Å². The average molecular weight is 1050 g/mol. The fourth-order valence-corrected chi connectivity index (χ4v) is 9.29. The number of allylic oxidation sites excluding steroid dienone is 12. The van der Waals surface area contributed by atoms with Crippen molar-refractivity contribution in [3.63, 3.8) is 0 Å². The molecule has 0 aliphatic rings. The summed E-state index contributed by atoms with van der Waals surface area (Å²) in [5.74, 6) is -0.898. The maximum absolute atomic E-state index is 12.9. The SMILES string of the molecule is CC/C=C\C/C=C\C/C=C\CCCCCCCC(=O)OC(COC(=O)CCCCCCC/C=C\CCCC)COC(=O)CCCCCCCCCCCCCCCCCCCCC/C=C\C/C=C\CCCCCCC. The molecule has 0 rings (SSSR count). The fourth-order valence-electron chi connectivity index (χ4n) is 9.29. The van der Waals surface area contributed by atoms with Gasteiger partial charge >= 0.3 is 17.9 Å². The molecule has 0 fully saturated rings. The molecular formula is C69H122O6. The van der Waals surface area contributed by atoms with Gasteiger partial charge in [0.2, 0.25) is 0 Å². The molecule has 0 bridgehead atoms. The minimum absolute atomic E-state index is 0.0826. The Morgan fingerprint density at radius 1 is 0.280 bits per heavy atom. The van der Waals surface area contributed by atoms with E-state index in [1.54, 1.807) is 0 Å². The summed E-state index contributed by atoms with van der Waals surface area (Å²) in [4.78, 5) is 38.2. The van der Waals surface area contributed by atoms with Gasteiger partial charge in [-0.05, 0) is 103 Å². The minimum atomic E-state index is -0.786. The van der Waals surface area contributed by atoms with Gasteiger partial charge in [-0.3, -0.25) is 14.4 Å². The van der Waals surface area contributed by atoms with Crippen LogP contribution >= 0.6 is 0 Å². The van der Waals surface area contributed by atoms with Crippen LogP contribution in [0, 0.1) is 0 Å². The average Bonchev–Trinajstić information content (AvgIpc) is 3.41. The second-order valence-corrected chi connectivity index (χ2v) is 21.6. The third-order valence-corrected chi connectivity index (χ3v) is 14.2. The molecule has 0 aromatic rings. The highest BCUT2D eigenvalue weighted by Gasteiger charge is 2.19. The van der Waals surface area contributed by atoms with E-state index in [4.69, 9.17) is 14.2 Å². The van der Waals surface area contributed by atoms with Crippen molar-refractivity contribution in [2.24, 2.45) is 0 Å². The molecule has 0 saturated carbocycles. The molecule has 0 radical (unpaired) electrons. The van der Waals surface area contributed by atoms with E-state index in [0.717, 1.165) is 109 Å². The normalized spacial score (nSPS) is 12.5. The first-order chi connectivity index (χ1) is 37.0. The second-order valence-electron chi connectivity index (χ2n) is 21.6. The summed E-state index contributed by atoms with van der Waals surface area (Å²) in [5.41, 5.74) is 0. The van der Waals surface area contributed by atoms with E-state index in [9.17, 15) is 14.4 Å². The van der Waals surface area contributed by atoms with Gasteiger partial charge in [0, 0.05) is 19.3 Å². The van der Waals surface area contributed by atoms with Crippen molar-refractivity contribution in [1.82, 2.24) is 0 Å². The maximum atomic E-state index is 12.9. The lowest BCUT2D eigenvalue weighted by Crippen LogP contribution is -2.30. The number of unbranched alkanes of at least 4 members (excludes halogenated alkanes) is 36. The monoisotopic (exact) mass is 1050 g/mol. The van der Waals surface area contributed by atoms with Crippen LogP contribution in [-0.4, -0.2) is 37.2 Å². The van der Waals surface area contributed by atoms with Crippen molar-refractivity contribution >= 4 is 17.9 Å². The highest BCUT2D eigenvalue weighted by molar-refractivity contribution is 5.71. The smallest absolute Gasteiger partial charge is 0.306 e. The molecule has 75 heavy (non-hydrogen) atoms. The summed E-state index contributed by atoms with van der Waals surface area (Å²) >= 11 is 0. The first-order valence-electron chi connectivity index (χ1n) is 32.4. The highest BCUT2D eigenvalue weighted by atomic mass is 16.6. The van der Waals surface area contributed by atoms with E-state index < -0.39 is 6.10 Å². The molecule has 0 aromatic heterocycles. The van der Waals surface area contributed by atoms with E-state index >= 15 is 0 Å². The number of esters is 3. The molecule has 0 heterocycles. The van der Waals surface area contributed by atoms with Crippen LogP contribution in [0.5, 0.6) is 0 Å². The van der Waals surface area contributed by atoms with Crippen LogP contribution in [0.3, 0.4) is 0 Å². The molecule has 0 spiro atoms. The summed E-state index contributed by atoms with van der Waals surface area (Å²) in [7, 11) is 0. The number of ether oxygens (including phenoxy) is 3. The molecule has 1 atom stereocenters. The Morgan fingerprint density at radius 3 is 0.867 bits per heavy atom. The number of rotatable bonds is 59. The molecule has 0 aromatic carbocycles. The topological polar surface area (TPSA) is 78.9 Å². The zero-order valence-corrected chi connectivity index (χ0v) is 49.8. The van der Waals surface area contributed by atoms with E-state index in [2.05, 4.69) is 93.7 Å². The van der Waals surface area contributed by atoms with Crippen LogP contribution in [0.25, 0.3) is 0 Å². The predicted molar refractivity (Wildman–Crippen MR) is 325 cm³/mol. The molecular weight excluding hydrogens is 925 g/mol. The zero-order valence-electron chi connectivity index (χ0n) is 49.8. The standard InChI is InChI=1S/C69H122O6/c1-4-7-10-13-16-19-22-24-26-27-28-29-30-31-32-33-34-35-36-37-38-39-40-41-43-44-47-50-53-56-59-62-68(71)74-65-66(64-73-67(70)61-58-55-52-49-46-21-18-15-12-9-6-3)75-69(72)63-60-57-54-51-48-45-42-25-23-20-17-14-11-8-5-2/h8,11,15,17-18,20,22,24-25,27-28,42,66H,4-7,9-10,12-14,16,19,21,23,26,29-41,43-65H2,1-3H3/b11-8-,18-15-,20-17-,24-22-,28-27-,42-25-. The van der Waals surface area contributed by atoms with Gasteiger partial charge in [-0.15, -0.1) is 0 Å². The van der Waals surface area contributed by atoms with Crippen LogP contribution in [0.15, 0.2) is 72.9 Å². The van der Waals surface area contributed by atoms with Gasteiger partial charge in [0.05, 0.1) is 0 Å². The number of carbonyl (C=O) groups is 3. The summed E-state index contributed by atoms with van der Waals surface area (Å²) in [6.07, 6.45) is 82.2. The molecule has 434 valence electrons. The van der Waals surface area contributed by atoms with Crippen LogP contribution in [0.4, 0.5) is 0 Å². The lowest BCUT2D eigenvalue weighted by Gasteiger charge is -2.18. The van der Waals surface area contributed by atoms with Crippen LogP contribution in [-0.2, 0) is 28.6 Å². The van der Waals surface area contributed by atoms with Crippen LogP contribution < -0.4 is 0 Å². The van der Waals surface area contributed by atoms with Crippen molar-refractivity contribution < 1.29 is 28.6 Å².